The summed E-state index contributed by atoms with van der Waals surface area (Å²) in [5, 5.41) is 3.41. The van der Waals surface area contributed by atoms with E-state index in [4.69, 9.17) is 16.3 Å². The molecule has 0 spiro atoms. The normalized spacial score (nSPS) is 17.9. The van der Waals surface area contributed by atoms with E-state index in [1.54, 1.807) is 18.2 Å². The summed E-state index contributed by atoms with van der Waals surface area (Å²) in [6.45, 7) is 6.52. The minimum atomic E-state index is -0.542. The maximum Gasteiger partial charge on any atom is 0.262 e. The second-order valence-corrected chi connectivity index (χ2v) is 10.7. The number of benzene rings is 2. The largest absolute Gasteiger partial charge is 0.483 e. The van der Waals surface area contributed by atoms with Crippen LogP contribution >= 0.6 is 11.6 Å². The molecule has 1 amide bonds. The van der Waals surface area contributed by atoms with Crippen molar-refractivity contribution in [2.45, 2.75) is 65.2 Å². The lowest BCUT2D eigenvalue weighted by Gasteiger charge is -2.43. The summed E-state index contributed by atoms with van der Waals surface area (Å²) in [6, 6.07) is 11.0. The number of carbonyl (C=O) groups is 3. The topological polar surface area (TPSA) is 75.7 Å². The number of ketones is 2. The van der Waals surface area contributed by atoms with Crippen molar-refractivity contribution in [1.82, 2.24) is 4.90 Å². The maximum atomic E-state index is 13.4. The number of Topliss-reactive ketones (excluding diaryl/α,β-unsaturated/α-hetero) is 2. The number of carbonyl (C=O) groups excluding carboxylic acids is 3. The van der Waals surface area contributed by atoms with Gasteiger partial charge in [-0.1, -0.05) is 23.7 Å². The fourth-order valence-electron chi connectivity index (χ4n) is 6.00. The van der Waals surface area contributed by atoms with E-state index in [0.717, 1.165) is 53.9 Å². The van der Waals surface area contributed by atoms with Crippen LogP contribution in [0, 0.1) is 13.8 Å². The molecular weight excluding hydrogens is 500 g/mol. The van der Waals surface area contributed by atoms with Gasteiger partial charge in [0.05, 0.1) is 0 Å². The number of nitrogens with one attached hydrogen (secondary N) is 1. The summed E-state index contributed by atoms with van der Waals surface area (Å²) in [5.41, 5.74) is 6.89. The molecule has 3 aliphatic rings. The summed E-state index contributed by atoms with van der Waals surface area (Å²) in [5.74, 6) is -0.241. The molecule has 38 heavy (non-hydrogen) atoms. The van der Waals surface area contributed by atoms with Crippen LogP contribution in [0.25, 0.3) is 0 Å². The number of halogens is 1. The van der Waals surface area contributed by atoms with Gasteiger partial charge in [-0.05, 0) is 81.8 Å². The monoisotopic (exact) mass is 532 g/mol. The quantitative estimate of drug-likeness (QED) is 0.465. The molecule has 2 aromatic rings. The predicted molar refractivity (Wildman–Crippen MR) is 148 cm³/mol. The van der Waals surface area contributed by atoms with Gasteiger partial charge in [-0.15, -0.1) is 0 Å². The van der Waals surface area contributed by atoms with Crippen molar-refractivity contribution in [3.63, 3.8) is 0 Å². The molecule has 0 bridgehead atoms. The Labute approximate surface area is 228 Å². The zero-order valence-electron chi connectivity index (χ0n) is 22.2. The molecule has 5 rings (SSSR count). The fraction of sp³-hybridized carbons (Fsp3) is 0.387. The van der Waals surface area contributed by atoms with Crippen molar-refractivity contribution in [1.29, 1.82) is 0 Å². The molecule has 0 atom stereocenters. The molecule has 2 aliphatic carbocycles. The van der Waals surface area contributed by atoms with Gasteiger partial charge in [0.1, 0.15) is 5.75 Å². The molecule has 7 heteroatoms. The first-order valence-electron chi connectivity index (χ1n) is 13.4. The van der Waals surface area contributed by atoms with Crippen LogP contribution in [0.4, 0.5) is 5.69 Å². The average molecular weight is 533 g/mol. The van der Waals surface area contributed by atoms with Gasteiger partial charge in [-0.25, -0.2) is 0 Å². The molecule has 0 saturated heterocycles. The molecule has 198 valence electrons. The molecule has 1 N–H and O–H groups in total. The van der Waals surface area contributed by atoms with Gasteiger partial charge >= 0.3 is 0 Å². The van der Waals surface area contributed by atoms with Crippen LogP contribution in [0.1, 0.15) is 68.1 Å². The lowest BCUT2D eigenvalue weighted by atomic mass is 9.70. The standard InChI is InChI=1S/C31H33ClN2O4/c1-4-34-23-10-6-12-25(35)30(23)29(31-24(34)11-7-13-26(31)36)21-16-20(32)14-15-27(21)38-17-28(37)33-22-9-5-8-18(2)19(22)3/h5,8-9,14-16,29H,4,6-7,10-13,17H2,1-3H3,(H,33,37). The highest BCUT2D eigenvalue weighted by molar-refractivity contribution is 6.30. The van der Waals surface area contributed by atoms with Gasteiger partial charge < -0.3 is 15.0 Å². The number of nitrogens with zero attached hydrogens (tertiary/aromatic N) is 1. The Morgan fingerprint density at radius 2 is 1.66 bits per heavy atom. The van der Waals surface area contributed by atoms with Crippen molar-refractivity contribution in [3.05, 3.63) is 80.7 Å². The van der Waals surface area contributed by atoms with E-state index >= 15 is 0 Å². The van der Waals surface area contributed by atoms with Crippen molar-refractivity contribution < 1.29 is 19.1 Å². The van der Waals surface area contributed by atoms with Gasteiger partial charge in [0.25, 0.3) is 5.91 Å². The van der Waals surface area contributed by atoms with Gasteiger partial charge in [-0.2, -0.15) is 0 Å². The third kappa shape index (κ3) is 4.78. The third-order valence-corrected chi connectivity index (χ3v) is 8.16. The van der Waals surface area contributed by atoms with Crippen molar-refractivity contribution >= 4 is 34.8 Å². The maximum absolute atomic E-state index is 13.4. The summed E-state index contributed by atoms with van der Waals surface area (Å²) in [6.07, 6.45) is 4.11. The van der Waals surface area contributed by atoms with E-state index in [0.29, 0.717) is 46.9 Å². The molecule has 2 aromatic carbocycles. The molecule has 0 unspecified atom stereocenters. The zero-order valence-corrected chi connectivity index (χ0v) is 22.9. The highest BCUT2D eigenvalue weighted by Gasteiger charge is 2.43. The Hall–Kier alpha value is -3.38. The lowest BCUT2D eigenvalue weighted by Crippen LogP contribution is -2.39. The predicted octanol–water partition coefficient (Wildman–Crippen LogP) is 6.41. The Kier molecular flexibility index (Phi) is 7.44. The molecule has 6 nitrogen and oxygen atoms in total. The number of hydrogen-bond acceptors (Lipinski definition) is 5. The van der Waals surface area contributed by atoms with E-state index in [2.05, 4.69) is 17.1 Å². The number of anilines is 1. The lowest BCUT2D eigenvalue weighted by molar-refractivity contribution is -0.119. The first kappa shape index (κ1) is 26.2. The van der Waals surface area contributed by atoms with Gasteiger partial charge in [0.2, 0.25) is 0 Å². The first-order valence-corrected chi connectivity index (χ1v) is 13.8. The van der Waals surface area contributed by atoms with Crippen LogP contribution in [0.3, 0.4) is 0 Å². The molecule has 1 heterocycles. The van der Waals surface area contributed by atoms with E-state index < -0.39 is 5.92 Å². The molecule has 1 aliphatic heterocycles. The second-order valence-electron chi connectivity index (χ2n) is 10.2. The molecule has 0 aromatic heterocycles. The molecule has 0 radical (unpaired) electrons. The number of aryl methyl sites for hydroxylation is 1. The Bertz CT molecular complexity index is 1350. The van der Waals surface area contributed by atoms with Crippen LogP contribution in [-0.2, 0) is 14.4 Å². The van der Waals surface area contributed by atoms with Crippen molar-refractivity contribution in [2.75, 3.05) is 18.5 Å². The van der Waals surface area contributed by atoms with E-state index in [9.17, 15) is 14.4 Å². The van der Waals surface area contributed by atoms with E-state index in [1.807, 2.05) is 32.0 Å². The third-order valence-electron chi connectivity index (χ3n) is 7.92. The molecular formula is C31H33ClN2O4. The van der Waals surface area contributed by atoms with Crippen molar-refractivity contribution in [2.24, 2.45) is 0 Å². The Morgan fingerprint density at radius 3 is 2.29 bits per heavy atom. The minimum Gasteiger partial charge on any atom is -0.483 e. The SMILES string of the molecule is CCN1C2=C(C(=O)CCC2)C(c2cc(Cl)ccc2OCC(=O)Nc2cccc(C)c2C)C2=C1CCCC2=O. The fourth-order valence-corrected chi connectivity index (χ4v) is 6.18. The van der Waals surface area contributed by atoms with Crippen molar-refractivity contribution in [3.8, 4) is 5.75 Å². The number of rotatable bonds is 6. The zero-order chi connectivity index (χ0) is 27.0. The summed E-state index contributed by atoms with van der Waals surface area (Å²) < 4.78 is 6.08. The van der Waals surface area contributed by atoms with E-state index in [-0.39, 0.29) is 24.1 Å². The minimum absolute atomic E-state index is 0.0678. The van der Waals surface area contributed by atoms with Crippen LogP contribution in [0.5, 0.6) is 5.75 Å². The van der Waals surface area contributed by atoms with Crippen LogP contribution in [0.15, 0.2) is 58.9 Å². The number of ether oxygens (including phenoxy) is 1. The second kappa shape index (κ2) is 10.8. The molecule has 0 fully saturated rings. The van der Waals surface area contributed by atoms with E-state index in [1.165, 1.54) is 0 Å². The van der Waals surface area contributed by atoms with Crippen LogP contribution in [-0.4, -0.2) is 35.5 Å². The van der Waals surface area contributed by atoms with Gasteiger partial charge in [0, 0.05) is 64.1 Å². The average Bonchev–Trinajstić information content (AvgIpc) is 2.90. The Morgan fingerprint density at radius 1 is 1.00 bits per heavy atom. The van der Waals surface area contributed by atoms with Gasteiger partial charge in [-0.3, -0.25) is 14.4 Å². The highest BCUT2D eigenvalue weighted by atomic mass is 35.5. The van der Waals surface area contributed by atoms with Gasteiger partial charge in [0.15, 0.2) is 18.2 Å². The Balaban J connectivity index is 1.53. The number of hydrogen-bond donors (Lipinski definition) is 1. The summed E-state index contributed by atoms with van der Waals surface area (Å²) in [7, 11) is 0. The van der Waals surface area contributed by atoms with Crippen LogP contribution < -0.4 is 10.1 Å². The first-order chi connectivity index (χ1) is 18.3. The molecule has 0 saturated carbocycles. The van der Waals surface area contributed by atoms with Crippen LogP contribution in [0.2, 0.25) is 5.02 Å². The number of allylic oxidation sites excluding steroid dienone is 4. The smallest absolute Gasteiger partial charge is 0.262 e. The number of amides is 1. The highest BCUT2D eigenvalue weighted by Crippen LogP contribution is 2.51. The summed E-state index contributed by atoms with van der Waals surface area (Å²) >= 11 is 6.47. The summed E-state index contributed by atoms with van der Waals surface area (Å²) in [4.78, 5) is 41.9.